The minimum absolute atomic E-state index is 0.475. The van der Waals surface area contributed by atoms with Gasteiger partial charge < -0.3 is 14.2 Å². The fourth-order valence-corrected chi connectivity index (χ4v) is 2.40. The summed E-state index contributed by atoms with van der Waals surface area (Å²) in [6, 6.07) is 26.7. The molecule has 0 spiro atoms. The number of benzene rings is 3. The minimum Gasteiger partial charge on any atom is -0.494 e. The molecule has 0 N–H and O–H groups in total. The average Bonchev–Trinajstić information content (AvgIpc) is 2.74. The van der Waals surface area contributed by atoms with E-state index in [2.05, 4.69) is 4.99 Å². The number of hydrogen-bond acceptors (Lipinski definition) is 4. The summed E-state index contributed by atoms with van der Waals surface area (Å²) in [4.78, 5) is 4.63. The smallest absolute Gasteiger partial charge is 0.225 e. The van der Waals surface area contributed by atoms with Crippen LogP contribution in [-0.2, 0) is 0 Å². The van der Waals surface area contributed by atoms with Gasteiger partial charge in [0.25, 0.3) is 0 Å². The summed E-state index contributed by atoms with van der Waals surface area (Å²) >= 11 is 0. The molecule has 0 radical (unpaired) electrons. The highest BCUT2D eigenvalue weighted by molar-refractivity contribution is 5.96. The van der Waals surface area contributed by atoms with Crippen molar-refractivity contribution in [1.82, 2.24) is 0 Å². The SMILES string of the molecule is CCOc1ccc(O/C=C(\C)C(=Nc2ccccc2)Oc2ccccc2)cc1. The Labute approximate surface area is 165 Å². The first kappa shape index (κ1) is 19.2. The molecule has 0 heterocycles. The molecular formula is C24H23NO3. The topological polar surface area (TPSA) is 40.0 Å². The molecule has 0 aliphatic heterocycles. The molecule has 0 saturated carbocycles. The van der Waals surface area contributed by atoms with Crippen LogP contribution >= 0.6 is 0 Å². The molecule has 4 heteroatoms. The average molecular weight is 373 g/mol. The van der Waals surface area contributed by atoms with Gasteiger partial charge in [-0.2, -0.15) is 0 Å². The van der Waals surface area contributed by atoms with E-state index >= 15 is 0 Å². The molecule has 0 fully saturated rings. The molecule has 28 heavy (non-hydrogen) atoms. The summed E-state index contributed by atoms with van der Waals surface area (Å²) in [5.74, 6) is 2.71. The lowest BCUT2D eigenvalue weighted by molar-refractivity contribution is 0.339. The van der Waals surface area contributed by atoms with Gasteiger partial charge in [-0.05, 0) is 62.4 Å². The Morgan fingerprint density at radius 2 is 1.39 bits per heavy atom. The number of para-hydroxylation sites is 2. The van der Waals surface area contributed by atoms with Crippen LogP contribution in [0.4, 0.5) is 5.69 Å². The number of nitrogens with zero attached hydrogens (tertiary/aromatic N) is 1. The van der Waals surface area contributed by atoms with Gasteiger partial charge in [-0.15, -0.1) is 0 Å². The summed E-state index contributed by atoms with van der Waals surface area (Å²) < 4.78 is 17.2. The van der Waals surface area contributed by atoms with Crippen molar-refractivity contribution in [3.63, 3.8) is 0 Å². The van der Waals surface area contributed by atoms with Crippen LogP contribution in [0.2, 0.25) is 0 Å². The third-order valence-electron chi connectivity index (χ3n) is 3.79. The Morgan fingerprint density at radius 3 is 2.04 bits per heavy atom. The molecule has 3 aromatic rings. The Bertz CT molecular complexity index is 917. The molecular weight excluding hydrogens is 350 g/mol. The van der Waals surface area contributed by atoms with Gasteiger partial charge in [0, 0.05) is 5.57 Å². The lowest BCUT2D eigenvalue weighted by Gasteiger charge is -2.10. The zero-order valence-corrected chi connectivity index (χ0v) is 16.0. The minimum atomic E-state index is 0.475. The first-order valence-corrected chi connectivity index (χ1v) is 9.18. The number of ether oxygens (including phenoxy) is 3. The van der Waals surface area contributed by atoms with Crippen LogP contribution in [0.15, 0.2) is 102 Å². The molecule has 0 amide bonds. The van der Waals surface area contributed by atoms with E-state index in [1.54, 1.807) is 6.26 Å². The predicted octanol–water partition coefficient (Wildman–Crippen LogP) is 6.18. The van der Waals surface area contributed by atoms with Crippen LogP contribution < -0.4 is 14.2 Å². The maximum absolute atomic E-state index is 6.00. The van der Waals surface area contributed by atoms with Crippen LogP contribution in [0.1, 0.15) is 13.8 Å². The van der Waals surface area contributed by atoms with Gasteiger partial charge >= 0.3 is 0 Å². The molecule has 0 aliphatic carbocycles. The zero-order chi connectivity index (χ0) is 19.6. The van der Waals surface area contributed by atoms with Crippen molar-refractivity contribution in [1.29, 1.82) is 0 Å². The largest absolute Gasteiger partial charge is 0.494 e. The molecule has 0 atom stereocenters. The number of hydrogen-bond donors (Lipinski definition) is 0. The Kier molecular flexibility index (Phi) is 6.85. The second-order valence-corrected chi connectivity index (χ2v) is 5.99. The zero-order valence-electron chi connectivity index (χ0n) is 16.0. The monoisotopic (exact) mass is 373 g/mol. The molecule has 0 bridgehead atoms. The third kappa shape index (κ3) is 5.74. The van der Waals surface area contributed by atoms with Crippen LogP contribution in [-0.4, -0.2) is 12.5 Å². The van der Waals surface area contributed by atoms with E-state index in [9.17, 15) is 0 Å². The van der Waals surface area contributed by atoms with E-state index in [4.69, 9.17) is 14.2 Å². The highest BCUT2D eigenvalue weighted by Crippen LogP contribution is 2.20. The van der Waals surface area contributed by atoms with Gasteiger partial charge in [0.1, 0.15) is 17.2 Å². The van der Waals surface area contributed by atoms with Gasteiger partial charge in [0.15, 0.2) is 0 Å². The summed E-state index contributed by atoms with van der Waals surface area (Å²) in [6.45, 7) is 4.49. The van der Waals surface area contributed by atoms with Crippen molar-refractivity contribution in [2.24, 2.45) is 4.99 Å². The van der Waals surface area contributed by atoms with Crippen molar-refractivity contribution in [3.8, 4) is 17.2 Å². The van der Waals surface area contributed by atoms with E-state index in [0.717, 1.165) is 17.0 Å². The van der Waals surface area contributed by atoms with Crippen LogP contribution in [0, 0.1) is 0 Å². The fraction of sp³-hybridized carbons (Fsp3) is 0.125. The van der Waals surface area contributed by atoms with Gasteiger partial charge in [-0.1, -0.05) is 36.4 Å². The first-order chi connectivity index (χ1) is 13.7. The molecule has 4 nitrogen and oxygen atoms in total. The van der Waals surface area contributed by atoms with Crippen LogP contribution in [0.25, 0.3) is 0 Å². The molecule has 3 rings (SSSR count). The van der Waals surface area contributed by atoms with E-state index < -0.39 is 0 Å². The van der Waals surface area contributed by atoms with Crippen molar-refractivity contribution in [2.45, 2.75) is 13.8 Å². The van der Waals surface area contributed by atoms with E-state index in [-0.39, 0.29) is 0 Å². The number of aliphatic imine (C=N–C) groups is 1. The van der Waals surface area contributed by atoms with Gasteiger partial charge in [0.05, 0.1) is 18.6 Å². The molecule has 142 valence electrons. The molecule has 0 saturated heterocycles. The second-order valence-electron chi connectivity index (χ2n) is 5.99. The van der Waals surface area contributed by atoms with Crippen molar-refractivity contribution >= 4 is 11.6 Å². The summed E-state index contributed by atoms with van der Waals surface area (Å²) in [7, 11) is 0. The van der Waals surface area contributed by atoms with Gasteiger partial charge in [0.2, 0.25) is 5.90 Å². The van der Waals surface area contributed by atoms with E-state index in [1.165, 1.54) is 0 Å². The maximum Gasteiger partial charge on any atom is 0.225 e. The standard InChI is InChI=1S/C24H23NO3/c1-3-26-21-14-16-22(17-15-21)27-18-19(2)24(25-20-10-6-4-7-11-20)28-23-12-8-5-9-13-23/h4-18H,3H2,1-2H3/b19-18+,25-24?. The lowest BCUT2D eigenvalue weighted by Crippen LogP contribution is -2.10. The van der Waals surface area contributed by atoms with Crippen molar-refractivity contribution in [3.05, 3.63) is 96.8 Å². The van der Waals surface area contributed by atoms with Crippen molar-refractivity contribution < 1.29 is 14.2 Å². The first-order valence-electron chi connectivity index (χ1n) is 9.18. The molecule has 0 aliphatic rings. The molecule has 0 aromatic heterocycles. The Balaban J connectivity index is 1.80. The Hall–Kier alpha value is -3.53. The third-order valence-corrected chi connectivity index (χ3v) is 3.79. The predicted molar refractivity (Wildman–Crippen MR) is 113 cm³/mol. The highest BCUT2D eigenvalue weighted by Gasteiger charge is 2.07. The normalized spacial score (nSPS) is 11.8. The fourth-order valence-electron chi connectivity index (χ4n) is 2.40. The highest BCUT2D eigenvalue weighted by atomic mass is 16.5. The van der Waals surface area contributed by atoms with E-state index in [0.29, 0.717) is 24.0 Å². The van der Waals surface area contributed by atoms with Crippen molar-refractivity contribution in [2.75, 3.05) is 6.61 Å². The molecule has 0 unspecified atom stereocenters. The van der Waals surface area contributed by atoms with Crippen LogP contribution in [0.5, 0.6) is 17.2 Å². The summed E-state index contributed by atoms with van der Waals surface area (Å²) in [5.41, 5.74) is 1.57. The van der Waals surface area contributed by atoms with Gasteiger partial charge in [-0.25, -0.2) is 4.99 Å². The van der Waals surface area contributed by atoms with Crippen LogP contribution in [0.3, 0.4) is 0 Å². The number of rotatable bonds is 7. The van der Waals surface area contributed by atoms with Gasteiger partial charge in [-0.3, -0.25) is 0 Å². The maximum atomic E-state index is 6.00. The van der Waals surface area contributed by atoms with E-state index in [1.807, 2.05) is 98.8 Å². The molecule has 3 aromatic carbocycles. The quantitative estimate of drug-likeness (QED) is 0.282. The summed E-state index contributed by atoms with van der Waals surface area (Å²) in [6.07, 6.45) is 1.64. The second kappa shape index (κ2) is 9.97. The Morgan fingerprint density at radius 1 is 0.786 bits per heavy atom. The summed E-state index contributed by atoms with van der Waals surface area (Å²) in [5, 5.41) is 0. The lowest BCUT2D eigenvalue weighted by atomic mass is 10.3.